The third kappa shape index (κ3) is 4.20. The summed E-state index contributed by atoms with van der Waals surface area (Å²) in [7, 11) is 1.98. The predicted molar refractivity (Wildman–Crippen MR) is 85.7 cm³/mol. The SMILES string of the molecule is CC(C)NCc1cccc(F)c1N(C)C(C)C(C)(C)C. The largest absolute Gasteiger partial charge is 0.369 e. The van der Waals surface area contributed by atoms with E-state index in [2.05, 4.69) is 51.8 Å². The summed E-state index contributed by atoms with van der Waals surface area (Å²) >= 11 is 0. The Balaban J connectivity index is 3.09. The summed E-state index contributed by atoms with van der Waals surface area (Å²) in [5.74, 6) is -0.147. The lowest BCUT2D eigenvalue weighted by molar-refractivity contribution is 0.327. The van der Waals surface area contributed by atoms with Gasteiger partial charge in [-0.3, -0.25) is 0 Å². The number of rotatable bonds is 5. The number of anilines is 1. The molecule has 0 heterocycles. The van der Waals surface area contributed by atoms with Crippen LogP contribution in [0.15, 0.2) is 18.2 Å². The van der Waals surface area contributed by atoms with Gasteiger partial charge in [0.1, 0.15) is 5.82 Å². The highest BCUT2D eigenvalue weighted by Gasteiger charge is 2.26. The van der Waals surface area contributed by atoms with Crippen LogP contribution >= 0.6 is 0 Å². The highest BCUT2D eigenvalue weighted by molar-refractivity contribution is 5.55. The molecule has 0 fully saturated rings. The standard InChI is InChI=1S/C17H29FN2/c1-12(2)19-11-14-9-8-10-15(18)16(14)20(7)13(3)17(4,5)6/h8-10,12-13,19H,11H2,1-7H3. The fourth-order valence-corrected chi connectivity index (χ4v) is 2.19. The number of nitrogens with one attached hydrogen (secondary N) is 1. The van der Waals surface area contributed by atoms with Crippen molar-refractivity contribution in [3.05, 3.63) is 29.6 Å². The Morgan fingerprint density at radius 2 is 1.80 bits per heavy atom. The zero-order valence-corrected chi connectivity index (χ0v) is 13.9. The van der Waals surface area contributed by atoms with Crippen molar-refractivity contribution in [2.45, 2.75) is 60.2 Å². The lowest BCUT2D eigenvalue weighted by atomic mass is 9.86. The minimum atomic E-state index is -0.147. The number of hydrogen-bond donors (Lipinski definition) is 1. The molecule has 1 atom stereocenters. The van der Waals surface area contributed by atoms with E-state index in [9.17, 15) is 4.39 Å². The van der Waals surface area contributed by atoms with Gasteiger partial charge >= 0.3 is 0 Å². The minimum Gasteiger partial charge on any atom is -0.369 e. The zero-order chi connectivity index (χ0) is 15.5. The van der Waals surface area contributed by atoms with E-state index in [-0.39, 0.29) is 17.3 Å². The summed E-state index contributed by atoms with van der Waals surface area (Å²) in [5.41, 5.74) is 1.82. The summed E-state index contributed by atoms with van der Waals surface area (Å²) in [6, 6.07) is 5.96. The van der Waals surface area contributed by atoms with Gasteiger partial charge in [0, 0.05) is 25.7 Å². The monoisotopic (exact) mass is 280 g/mol. The number of hydrogen-bond acceptors (Lipinski definition) is 2. The molecule has 0 spiro atoms. The van der Waals surface area contributed by atoms with Gasteiger partial charge < -0.3 is 10.2 Å². The average molecular weight is 280 g/mol. The third-order valence-corrected chi connectivity index (χ3v) is 3.96. The molecule has 0 saturated carbocycles. The van der Waals surface area contributed by atoms with Crippen LogP contribution in [0.2, 0.25) is 0 Å². The Bertz CT molecular complexity index is 435. The molecule has 1 aromatic carbocycles. The van der Waals surface area contributed by atoms with Crippen LogP contribution in [0.4, 0.5) is 10.1 Å². The summed E-state index contributed by atoms with van der Waals surface area (Å²) in [4.78, 5) is 2.06. The maximum Gasteiger partial charge on any atom is 0.146 e. The summed E-state index contributed by atoms with van der Waals surface area (Å²) < 4.78 is 14.3. The number of benzene rings is 1. The van der Waals surface area contributed by atoms with Gasteiger partial charge in [0.25, 0.3) is 0 Å². The molecular weight excluding hydrogens is 251 g/mol. The van der Waals surface area contributed by atoms with E-state index in [4.69, 9.17) is 0 Å². The maximum absolute atomic E-state index is 14.3. The van der Waals surface area contributed by atoms with Crippen molar-refractivity contribution in [3.8, 4) is 0 Å². The van der Waals surface area contributed by atoms with Gasteiger partial charge in [-0.2, -0.15) is 0 Å². The molecule has 0 saturated heterocycles. The summed E-state index contributed by atoms with van der Waals surface area (Å²) in [6.07, 6.45) is 0. The Morgan fingerprint density at radius 1 is 1.20 bits per heavy atom. The van der Waals surface area contributed by atoms with E-state index in [0.717, 1.165) is 5.56 Å². The van der Waals surface area contributed by atoms with Crippen LogP contribution in [-0.4, -0.2) is 19.1 Å². The Kier molecular flexibility index (Phi) is 5.58. The fourth-order valence-electron chi connectivity index (χ4n) is 2.19. The molecule has 0 bridgehead atoms. The lowest BCUT2D eigenvalue weighted by Gasteiger charge is -2.38. The van der Waals surface area contributed by atoms with Crippen LogP contribution < -0.4 is 10.2 Å². The van der Waals surface area contributed by atoms with E-state index in [1.807, 2.05) is 13.1 Å². The van der Waals surface area contributed by atoms with Crippen molar-refractivity contribution in [3.63, 3.8) is 0 Å². The first-order valence-electron chi connectivity index (χ1n) is 7.38. The van der Waals surface area contributed by atoms with E-state index >= 15 is 0 Å². The van der Waals surface area contributed by atoms with Crippen LogP contribution in [0, 0.1) is 11.2 Å². The second-order valence-corrected chi connectivity index (χ2v) is 6.94. The quantitative estimate of drug-likeness (QED) is 0.870. The van der Waals surface area contributed by atoms with Gasteiger partial charge in [-0.05, 0) is 24.0 Å². The van der Waals surface area contributed by atoms with Crippen LogP contribution in [0.25, 0.3) is 0 Å². The highest BCUT2D eigenvalue weighted by Crippen LogP contribution is 2.31. The maximum atomic E-state index is 14.3. The van der Waals surface area contributed by atoms with E-state index in [0.29, 0.717) is 18.3 Å². The van der Waals surface area contributed by atoms with Crippen molar-refractivity contribution < 1.29 is 4.39 Å². The number of para-hydroxylation sites is 1. The first-order valence-corrected chi connectivity index (χ1v) is 7.38. The molecule has 3 heteroatoms. The molecule has 1 N–H and O–H groups in total. The van der Waals surface area contributed by atoms with Crippen LogP contribution in [0.5, 0.6) is 0 Å². The molecule has 1 aromatic rings. The molecule has 0 amide bonds. The summed E-state index contributed by atoms with van der Waals surface area (Å²) in [5, 5.41) is 3.37. The normalized spacial score (nSPS) is 13.7. The van der Waals surface area contributed by atoms with Crippen molar-refractivity contribution >= 4 is 5.69 Å². The van der Waals surface area contributed by atoms with Gasteiger partial charge in [0.05, 0.1) is 5.69 Å². The molecule has 2 nitrogen and oxygen atoms in total. The Labute approximate surface area is 123 Å². The van der Waals surface area contributed by atoms with Crippen LogP contribution in [0.3, 0.4) is 0 Å². The molecule has 0 radical (unpaired) electrons. The number of nitrogens with zero attached hydrogens (tertiary/aromatic N) is 1. The minimum absolute atomic E-state index is 0.0970. The molecule has 0 aliphatic heterocycles. The molecule has 114 valence electrons. The first-order chi connectivity index (χ1) is 9.14. The van der Waals surface area contributed by atoms with Crippen LogP contribution in [0.1, 0.15) is 47.1 Å². The van der Waals surface area contributed by atoms with Gasteiger partial charge in [-0.15, -0.1) is 0 Å². The lowest BCUT2D eigenvalue weighted by Crippen LogP contribution is -2.40. The predicted octanol–water partition coefficient (Wildman–Crippen LogP) is 4.19. The highest BCUT2D eigenvalue weighted by atomic mass is 19.1. The third-order valence-electron chi connectivity index (χ3n) is 3.96. The Hall–Kier alpha value is -1.09. The topological polar surface area (TPSA) is 15.3 Å². The molecule has 0 aromatic heterocycles. The molecule has 0 aliphatic rings. The van der Waals surface area contributed by atoms with Crippen LogP contribution in [-0.2, 0) is 6.54 Å². The smallest absolute Gasteiger partial charge is 0.146 e. The number of halogens is 1. The molecule has 1 rings (SSSR count). The van der Waals surface area contributed by atoms with E-state index in [1.54, 1.807) is 12.1 Å². The van der Waals surface area contributed by atoms with Crippen molar-refractivity contribution in [2.75, 3.05) is 11.9 Å². The average Bonchev–Trinajstić information content (AvgIpc) is 2.33. The molecule has 20 heavy (non-hydrogen) atoms. The van der Waals surface area contributed by atoms with Gasteiger partial charge in [-0.1, -0.05) is 46.8 Å². The first kappa shape index (κ1) is 17.0. The summed E-state index contributed by atoms with van der Waals surface area (Å²) in [6.45, 7) is 13.6. The van der Waals surface area contributed by atoms with E-state index < -0.39 is 0 Å². The molecule has 1 unspecified atom stereocenters. The van der Waals surface area contributed by atoms with Crippen molar-refractivity contribution in [2.24, 2.45) is 5.41 Å². The van der Waals surface area contributed by atoms with Crippen molar-refractivity contribution in [1.29, 1.82) is 0 Å². The zero-order valence-electron chi connectivity index (χ0n) is 13.9. The Morgan fingerprint density at radius 3 is 2.30 bits per heavy atom. The molecular formula is C17H29FN2. The van der Waals surface area contributed by atoms with Gasteiger partial charge in [0.2, 0.25) is 0 Å². The van der Waals surface area contributed by atoms with E-state index in [1.165, 1.54) is 0 Å². The second-order valence-electron chi connectivity index (χ2n) is 6.94. The second kappa shape index (κ2) is 6.57. The van der Waals surface area contributed by atoms with Gasteiger partial charge in [0.15, 0.2) is 0 Å². The molecule has 0 aliphatic carbocycles. The van der Waals surface area contributed by atoms with Gasteiger partial charge in [-0.25, -0.2) is 4.39 Å². The van der Waals surface area contributed by atoms with Crippen molar-refractivity contribution in [1.82, 2.24) is 5.32 Å². The fraction of sp³-hybridized carbons (Fsp3) is 0.647.